The van der Waals surface area contributed by atoms with Crippen LogP contribution in [0.4, 0.5) is 4.79 Å². The van der Waals surface area contributed by atoms with Crippen LogP contribution in [0.3, 0.4) is 0 Å². The molecule has 1 aromatic carbocycles. The van der Waals surface area contributed by atoms with E-state index in [-0.39, 0.29) is 0 Å². The summed E-state index contributed by atoms with van der Waals surface area (Å²) >= 11 is 0. The summed E-state index contributed by atoms with van der Waals surface area (Å²) in [6, 6.07) is 13.3. The highest BCUT2D eigenvalue weighted by Gasteiger charge is 2.07. The molecule has 0 bridgehead atoms. The minimum Gasteiger partial charge on any atom is -0.449 e. The van der Waals surface area contributed by atoms with Crippen molar-refractivity contribution in [1.29, 1.82) is 0 Å². The smallest absolute Gasteiger partial charge is 0.427 e. The molecular weight excluding hydrogens is 254 g/mol. The van der Waals surface area contributed by atoms with Crippen molar-refractivity contribution in [3.63, 3.8) is 0 Å². The number of nitrogens with zero attached hydrogens (tertiary/aromatic N) is 2. The van der Waals surface area contributed by atoms with Crippen molar-refractivity contribution in [2.45, 2.75) is 6.92 Å². The Bertz CT molecular complexity index is 541. The number of pyridine rings is 1. The molecule has 0 saturated heterocycles. The Morgan fingerprint density at radius 2 is 1.80 bits per heavy atom. The Kier molecular flexibility index (Phi) is 4.83. The largest absolute Gasteiger partial charge is 0.449 e. The van der Waals surface area contributed by atoms with Crippen molar-refractivity contribution < 1.29 is 9.53 Å². The van der Waals surface area contributed by atoms with E-state index >= 15 is 0 Å². The van der Waals surface area contributed by atoms with Crippen LogP contribution < -0.4 is 5.43 Å². The quantitative estimate of drug-likeness (QED) is 0.685. The average molecular weight is 269 g/mol. The first-order valence-corrected chi connectivity index (χ1v) is 6.27. The van der Waals surface area contributed by atoms with Gasteiger partial charge >= 0.3 is 6.09 Å². The van der Waals surface area contributed by atoms with Gasteiger partial charge in [-0.25, -0.2) is 10.2 Å². The number of hydrogen-bond donors (Lipinski definition) is 1. The van der Waals surface area contributed by atoms with E-state index in [9.17, 15) is 4.79 Å². The van der Waals surface area contributed by atoms with E-state index in [2.05, 4.69) is 15.5 Å². The van der Waals surface area contributed by atoms with Crippen LogP contribution in [0.2, 0.25) is 0 Å². The molecule has 102 valence electrons. The first-order chi connectivity index (χ1) is 9.81. The predicted molar refractivity (Wildman–Crippen MR) is 76.5 cm³/mol. The van der Waals surface area contributed by atoms with Gasteiger partial charge in [-0.15, -0.1) is 0 Å². The molecule has 0 saturated carbocycles. The second kappa shape index (κ2) is 7.04. The second-order valence-electron chi connectivity index (χ2n) is 3.89. The van der Waals surface area contributed by atoms with Gasteiger partial charge in [0.1, 0.15) is 0 Å². The highest BCUT2D eigenvalue weighted by Crippen LogP contribution is 2.09. The third-order valence-electron chi connectivity index (χ3n) is 2.54. The Morgan fingerprint density at radius 3 is 2.45 bits per heavy atom. The molecule has 0 aliphatic carbocycles. The lowest BCUT2D eigenvalue weighted by atomic mass is 10.0. The maximum atomic E-state index is 11.4. The average Bonchev–Trinajstić information content (AvgIpc) is 2.50. The molecule has 2 aromatic rings. The van der Waals surface area contributed by atoms with Crippen LogP contribution in [0.5, 0.6) is 0 Å². The van der Waals surface area contributed by atoms with E-state index in [1.54, 1.807) is 19.3 Å². The minimum atomic E-state index is -0.574. The first-order valence-electron chi connectivity index (χ1n) is 6.27. The van der Waals surface area contributed by atoms with Crippen molar-refractivity contribution in [1.82, 2.24) is 10.4 Å². The van der Waals surface area contributed by atoms with Gasteiger partial charge in [-0.05, 0) is 19.1 Å². The lowest BCUT2D eigenvalue weighted by molar-refractivity contribution is 0.152. The number of hydrazone groups is 1. The number of ether oxygens (including phenoxy) is 1. The molecule has 20 heavy (non-hydrogen) atoms. The number of amides is 1. The summed E-state index contributed by atoms with van der Waals surface area (Å²) in [6.45, 7) is 2.04. The number of nitrogens with one attached hydrogen (secondary N) is 1. The molecule has 1 aromatic heterocycles. The molecule has 2 rings (SSSR count). The Labute approximate surface area is 117 Å². The van der Waals surface area contributed by atoms with Gasteiger partial charge in [0.15, 0.2) is 0 Å². The van der Waals surface area contributed by atoms with Crippen LogP contribution in [0.25, 0.3) is 0 Å². The molecule has 0 atom stereocenters. The van der Waals surface area contributed by atoms with Crippen LogP contribution in [0, 0.1) is 0 Å². The number of carbonyl (C=O) groups excluding carboxylic acids is 1. The summed E-state index contributed by atoms with van der Waals surface area (Å²) in [6.07, 6.45) is 2.78. The number of rotatable bonds is 4. The molecule has 1 N–H and O–H groups in total. The normalized spacial score (nSPS) is 10.9. The molecule has 5 heteroatoms. The monoisotopic (exact) mass is 269 g/mol. The van der Waals surface area contributed by atoms with Gasteiger partial charge in [-0.1, -0.05) is 30.3 Å². The van der Waals surface area contributed by atoms with E-state index < -0.39 is 6.09 Å². The number of benzene rings is 1. The van der Waals surface area contributed by atoms with E-state index in [1.807, 2.05) is 42.5 Å². The third kappa shape index (κ3) is 3.65. The molecule has 0 fully saturated rings. The van der Waals surface area contributed by atoms with Crippen molar-refractivity contribution >= 4 is 11.8 Å². The standard InChI is InChI=1S/C15H15N3O2/c1-2-20-15(19)18-17-14(12-6-4-3-5-7-12)13-8-10-16-11-9-13/h3-11H,2H2,1H3,(H,18,19)/b17-14+. The summed E-state index contributed by atoms with van der Waals surface area (Å²) in [5, 5.41) is 4.15. The van der Waals surface area contributed by atoms with Crippen molar-refractivity contribution in [3.8, 4) is 0 Å². The number of aromatic nitrogens is 1. The zero-order chi connectivity index (χ0) is 14.2. The molecule has 0 aliphatic heterocycles. The Morgan fingerprint density at radius 1 is 1.15 bits per heavy atom. The molecule has 0 unspecified atom stereocenters. The molecule has 0 aliphatic rings. The van der Waals surface area contributed by atoms with Crippen molar-refractivity contribution in [2.24, 2.45) is 5.10 Å². The third-order valence-corrected chi connectivity index (χ3v) is 2.54. The second-order valence-corrected chi connectivity index (χ2v) is 3.89. The summed E-state index contributed by atoms with van der Waals surface area (Å²) in [4.78, 5) is 15.3. The van der Waals surface area contributed by atoms with E-state index in [0.29, 0.717) is 12.3 Å². The zero-order valence-electron chi connectivity index (χ0n) is 11.1. The van der Waals surface area contributed by atoms with Crippen molar-refractivity contribution in [2.75, 3.05) is 6.61 Å². The summed E-state index contributed by atoms with van der Waals surface area (Å²) < 4.78 is 4.79. The van der Waals surface area contributed by atoms with E-state index in [4.69, 9.17) is 4.74 Å². The van der Waals surface area contributed by atoms with Gasteiger partial charge in [-0.2, -0.15) is 5.10 Å². The predicted octanol–water partition coefficient (Wildman–Crippen LogP) is 2.58. The Hall–Kier alpha value is -2.69. The Balaban J connectivity index is 2.30. The van der Waals surface area contributed by atoms with Crippen LogP contribution in [0.1, 0.15) is 18.1 Å². The van der Waals surface area contributed by atoms with E-state index in [1.165, 1.54) is 0 Å². The highest BCUT2D eigenvalue weighted by molar-refractivity contribution is 6.12. The molecule has 1 heterocycles. The maximum Gasteiger partial charge on any atom is 0.427 e. The fourth-order valence-electron chi connectivity index (χ4n) is 1.67. The van der Waals surface area contributed by atoms with E-state index in [0.717, 1.165) is 11.1 Å². The van der Waals surface area contributed by atoms with Gasteiger partial charge in [0.25, 0.3) is 0 Å². The highest BCUT2D eigenvalue weighted by atomic mass is 16.5. The van der Waals surface area contributed by atoms with Crippen molar-refractivity contribution in [3.05, 3.63) is 66.0 Å². The van der Waals surface area contributed by atoms with Gasteiger partial charge in [-0.3, -0.25) is 4.98 Å². The summed E-state index contributed by atoms with van der Waals surface area (Å²) in [5.41, 5.74) is 4.80. The number of hydrogen-bond acceptors (Lipinski definition) is 4. The number of carbonyl (C=O) groups is 1. The van der Waals surface area contributed by atoms with Gasteiger partial charge in [0, 0.05) is 23.5 Å². The summed E-state index contributed by atoms with van der Waals surface area (Å²) in [5.74, 6) is 0. The summed E-state index contributed by atoms with van der Waals surface area (Å²) in [7, 11) is 0. The molecule has 0 spiro atoms. The molecule has 0 radical (unpaired) electrons. The van der Waals surface area contributed by atoms with Crippen LogP contribution in [0.15, 0.2) is 60.0 Å². The SMILES string of the molecule is CCOC(=O)N/N=C(\c1ccccc1)c1ccncc1. The lowest BCUT2D eigenvalue weighted by Gasteiger charge is -2.07. The molecular formula is C15H15N3O2. The first kappa shape index (κ1) is 13.7. The van der Waals surface area contributed by atoms with Gasteiger partial charge in [0.05, 0.1) is 12.3 Å². The molecule has 1 amide bonds. The minimum absolute atomic E-state index is 0.303. The van der Waals surface area contributed by atoms with Crippen LogP contribution in [-0.2, 0) is 4.74 Å². The topological polar surface area (TPSA) is 63.6 Å². The fourth-order valence-corrected chi connectivity index (χ4v) is 1.67. The van der Waals surface area contributed by atoms with Gasteiger partial charge in [0.2, 0.25) is 0 Å². The lowest BCUT2D eigenvalue weighted by Crippen LogP contribution is -2.21. The zero-order valence-corrected chi connectivity index (χ0v) is 11.1. The maximum absolute atomic E-state index is 11.4. The fraction of sp³-hybridized carbons (Fsp3) is 0.133. The van der Waals surface area contributed by atoms with Gasteiger partial charge < -0.3 is 4.74 Å². The molecule has 5 nitrogen and oxygen atoms in total. The van der Waals surface area contributed by atoms with Crippen LogP contribution >= 0.6 is 0 Å². The van der Waals surface area contributed by atoms with Crippen LogP contribution in [-0.4, -0.2) is 23.4 Å².